The maximum absolute atomic E-state index is 12.8. The Morgan fingerprint density at radius 3 is 1.41 bits per heavy atom. The third-order valence-electron chi connectivity index (χ3n) is 8.19. The van der Waals surface area contributed by atoms with Crippen molar-refractivity contribution in [2.45, 2.75) is 5.03 Å². The molecule has 0 bridgehead atoms. The van der Waals surface area contributed by atoms with E-state index in [4.69, 9.17) is 0 Å². The first-order valence-corrected chi connectivity index (χ1v) is 20.0. The number of imide groups is 1. The highest BCUT2D eigenvalue weighted by atomic mass is 32.2. The van der Waals surface area contributed by atoms with Crippen molar-refractivity contribution in [3.05, 3.63) is 199 Å². The molecular formula is C42H33N9O6S2. The van der Waals surface area contributed by atoms with Gasteiger partial charge in [-0.1, -0.05) is 131 Å². The average Bonchev–Trinajstić information content (AvgIpc) is 3.86. The first kappa shape index (κ1) is 41.0. The molecule has 0 saturated carbocycles. The van der Waals surface area contributed by atoms with Crippen LogP contribution in [0.5, 0.6) is 0 Å². The number of carbonyl (C=O) groups is 2. The van der Waals surface area contributed by atoms with Crippen LogP contribution < -0.4 is 27.7 Å². The number of aromatic nitrogens is 6. The van der Waals surface area contributed by atoms with Gasteiger partial charge in [0, 0.05) is 11.1 Å². The van der Waals surface area contributed by atoms with Crippen molar-refractivity contribution in [2.24, 2.45) is 10.2 Å². The van der Waals surface area contributed by atoms with Gasteiger partial charge in [-0.2, -0.15) is 9.03 Å². The fourth-order valence-corrected chi connectivity index (χ4v) is 6.54. The molecule has 0 unspecified atom stereocenters. The van der Waals surface area contributed by atoms with Crippen LogP contribution in [0.4, 0.5) is 15.3 Å². The van der Waals surface area contributed by atoms with E-state index in [2.05, 4.69) is 31.6 Å². The lowest BCUT2D eigenvalue weighted by molar-refractivity contribution is 0.249. The minimum atomic E-state index is -0.642. The molecule has 3 aromatic heterocycles. The van der Waals surface area contributed by atoms with Gasteiger partial charge in [0.25, 0.3) is 0 Å². The SMILES string of the molecule is CSC#Cc1ccccc1.CSc1c(-c2ccccc2)n2c(=O)n(-c3ccccc3)c(=O)n12.O=C1N=NC(=O)N1c1ccccc1.O=c1[nH][nH]c(=O)n1-c1ccccc1. The highest BCUT2D eigenvalue weighted by Crippen LogP contribution is 2.31. The van der Waals surface area contributed by atoms with Gasteiger partial charge in [-0.25, -0.2) is 53.0 Å². The van der Waals surface area contributed by atoms with E-state index < -0.39 is 23.4 Å². The van der Waals surface area contributed by atoms with Crippen LogP contribution in [0, 0.1) is 11.2 Å². The fraction of sp³-hybridized carbons (Fsp3) is 0.0476. The smallest absolute Gasteiger partial charge is 0.247 e. The number of urea groups is 2. The van der Waals surface area contributed by atoms with Gasteiger partial charge in [-0.3, -0.25) is 0 Å². The number of hydrogen-bond donors (Lipinski definition) is 2. The summed E-state index contributed by atoms with van der Waals surface area (Å²) in [5.41, 5.74) is 2.77. The summed E-state index contributed by atoms with van der Waals surface area (Å²) in [5.74, 6) is 3.01. The summed E-state index contributed by atoms with van der Waals surface area (Å²) in [5, 5.41) is 14.4. The topological polar surface area (TPSA) is 181 Å². The van der Waals surface area contributed by atoms with Gasteiger partial charge in [0.05, 0.1) is 17.1 Å². The molecule has 4 heterocycles. The number of thioether (sulfide) groups is 2. The number of nitrogens with one attached hydrogen (secondary N) is 2. The van der Waals surface area contributed by atoms with Crippen LogP contribution in [0.2, 0.25) is 0 Å². The Hall–Kier alpha value is -7.68. The largest absolute Gasteiger partial charge is 0.375 e. The zero-order valence-electron chi connectivity index (χ0n) is 31.3. The second-order valence-electron chi connectivity index (χ2n) is 11.8. The molecule has 0 aliphatic carbocycles. The summed E-state index contributed by atoms with van der Waals surface area (Å²) in [7, 11) is 0. The third-order valence-corrected chi connectivity index (χ3v) is 9.25. The molecular weight excluding hydrogens is 791 g/mol. The van der Waals surface area contributed by atoms with Crippen molar-refractivity contribution in [1.82, 2.24) is 28.4 Å². The molecule has 1 aliphatic rings. The lowest BCUT2D eigenvalue weighted by atomic mass is 10.1. The average molecular weight is 824 g/mol. The van der Waals surface area contributed by atoms with Crippen molar-refractivity contribution in [1.29, 1.82) is 0 Å². The third kappa shape index (κ3) is 9.31. The summed E-state index contributed by atoms with van der Waals surface area (Å²) >= 11 is 2.99. The summed E-state index contributed by atoms with van der Waals surface area (Å²) in [6, 6.07) is 44.5. The number of para-hydroxylation sites is 3. The maximum Gasteiger partial charge on any atom is 0.375 e. The Morgan fingerprint density at radius 2 is 0.932 bits per heavy atom. The maximum atomic E-state index is 12.8. The second kappa shape index (κ2) is 19.5. The van der Waals surface area contributed by atoms with Crippen molar-refractivity contribution < 1.29 is 9.59 Å². The Labute approximate surface area is 343 Å². The first-order valence-electron chi connectivity index (χ1n) is 17.5. The van der Waals surface area contributed by atoms with Crippen LogP contribution in [0.1, 0.15) is 5.56 Å². The molecule has 0 atom stereocenters. The number of carbonyl (C=O) groups excluding carboxylic acids is 2. The zero-order chi connectivity index (χ0) is 41.7. The normalized spacial score (nSPS) is 11.5. The number of anilines is 1. The molecule has 8 aromatic rings. The lowest BCUT2D eigenvalue weighted by Crippen LogP contribution is -2.27. The molecule has 9 rings (SSSR count). The van der Waals surface area contributed by atoms with Gasteiger partial charge >= 0.3 is 34.8 Å². The number of hydrogen-bond acceptors (Lipinski definition) is 8. The van der Waals surface area contributed by atoms with Crippen molar-refractivity contribution in [3.8, 4) is 33.8 Å². The van der Waals surface area contributed by atoms with E-state index in [9.17, 15) is 28.8 Å². The van der Waals surface area contributed by atoms with Crippen molar-refractivity contribution in [3.63, 3.8) is 0 Å². The standard InChI is InChI=1S/C17H13N3O2S.C9H8S.C8H7N3O2.C8H5N3O2/c1-23-15-14(12-8-4-2-5-9-12)19-16(21)18(17(22)20(15)19)13-10-6-3-7-11-13;1-10-8-7-9-5-3-2-4-6-9;2*12-7-9-10-8(13)11(7)6-4-2-1-3-5-6/h2-11H,1H3;2-6H,1H3;1-5H,(H,9,12)(H,10,13);1-5H. The Kier molecular flexibility index (Phi) is 13.5. The molecule has 15 nitrogen and oxygen atoms in total. The molecule has 2 N–H and O–H groups in total. The van der Waals surface area contributed by atoms with Gasteiger partial charge in [0.2, 0.25) is 0 Å². The summed E-state index contributed by atoms with van der Waals surface area (Å²) < 4.78 is 5.10. The number of fused-ring (bicyclic) bond motifs is 1. The molecule has 0 spiro atoms. The molecule has 294 valence electrons. The van der Waals surface area contributed by atoms with E-state index in [1.165, 1.54) is 37.1 Å². The first-order chi connectivity index (χ1) is 28.7. The van der Waals surface area contributed by atoms with E-state index in [0.717, 1.165) is 31.3 Å². The van der Waals surface area contributed by atoms with Crippen molar-refractivity contribution >= 4 is 41.3 Å². The number of rotatable bonds is 5. The number of amides is 4. The molecule has 0 fully saturated rings. The Balaban J connectivity index is 0.000000140. The Morgan fingerprint density at radius 1 is 0.508 bits per heavy atom. The summed E-state index contributed by atoms with van der Waals surface area (Å²) in [6.45, 7) is 0. The molecule has 59 heavy (non-hydrogen) atoms. The number of azo groups is 1. The minimum Gasteiger partial charge on any atom is -0.247 e. The van der Waals surface area contributed by atoms with E-state index >= 15 is 0 Å². The van der Waals surface area contributed by atoms with Crippen molar-refractivity contribution in [2.75, 3.05) is 17.4 Å². The van der Waals surface area contributed by atoms with Gasteiger partial charge in [-0.15, -0.1) is 11.8 Å². The zero-order valence-corrected chi connectivity index (χ0v) is 33.0. The van der Waals surface area contributed by atoms with E-state index in [1.807, 2.05) is 97.4 Å². The second-order valence-corrected chi connectivity index (χ2v) is 13.3. The Bertz CT molecular complexity index is 2940. The molecule has 17 heteroatoms. The predicted octanol–water partition coefficient (Wildman–Crippen LogP) is 6.79. The number of aromatic amines is 2. The molecule has 5 aromatic carbocycles. The van der Waals surface area contributed by atoms with Crippen LogP contribution in [0.3, 0.4) is 0 Å². The van der Waals surface area contributed by atoms with Crippen LogP contribution >= 0.6 is 23.5 Å². The van der Waals surface area contributed by atoms with Gasteiger partial charge in [0.1, 0.15) is 10.7 Å². The van der Waals surface area contributed by atoms with Gasteiger partial charge < -0.3 is 0 Å². The monoisotopic (exact) mass is 823 g/mol. The van der Waals surface area contributed by atoms with E-state index in [1.54, 1.807) is 66.7 Å². The predicted molar refractivity (Wildman–Crippen MR) is 230 cm³/mol. The van der Waals surface area contributed by atoms with Gasteiger partial charge in [-0.05, 0) is 66.3 Å². The molecule has 0 radical (unpaired) electrons. The molecule has 4 amide bonds. The van der Waals surface area contributed by atoms with Crippen LogP contribution in [0.15, 0.2) is 186 Å². The van der Waals surface area contributed by atoms with Gasteiger partial charge in [0.15, 0.2) is 0 Å². The van der Waals surface area contributed by atoms with E-state index in [-0.39, 0.29) is 11.4 Å². The summed E-state index contributed by atoms with van der Waals surface area (Å²) in [4.78, 5) is 70.6. The number of benzene rings is 5. The molecule has 1 aliphatic heterocycles. The fourth-order valence-electron chi connectivity index (χ4n) is 5.59. The number of nitrogens with zero attached hydrogens (tertiary/aromatic N) is 7. The van der Waals surface area contributed by atoms with Crippen LogP contribution in [-0.4, -0.2) is 52.9 Å². The van der Waals surface area contributed by atoms with E-state index in [0.29, 0.717) is 17.1 Å². The lowest BCUT2D eigenvalue weighted by Gasteiger charge is -2.16. The minimum absolute atomic E-state index is 0.342. The molecule has 0 saturated heterocycles. The van der Waals surface area contributed by atoms with Crippen LogP contribution in [-0.2, 0) is 0 Å². The number of H-pyrrole nitrogens is 2. The highest BCUT2D eigenvalue weighted by Gasteiger charge is 2.29. The summed E-state index contributed by atoms with van der Waals surface area (Å²) in [6.07, 6.45) is 3.87. The quantitative estimate of drug-likeness (QED) is 0.141. The van der Waals surface area contributed by atoms with Crippen LogP contribution in [0.25, 0.3) is 22.6 Å². The highest BCUT2D eigenvalue weighted by molar-refractivity contribution is 8.03.